The summed E-state index contributed by atoms with van der Waals surface area (Å²) in [5.41, 5.74) is 0.535. The van der Waals surface area contributed by atoms with E-state index in [4.69, 9.17) is 23.2 Å². The molecule has 0 fully saturated rings. The molecule has 0 bridgehead atoms. The third-order valence-corrected chi connectivity index (χ3v) is 6.84. The normalized spacial score (nSPS) is 11.4. The molecule has 0 N–H and O–H groups in total. The van der Waals surface area contributed by atoms with Crippen LogP contribution in [0.4, 0.5) is 5.69 Å². The van der Waals surface area contributed by atoms with E-state index >= 15 is 0 Å². The number of para-hydroxylation sites is 1. The highest BCUT2D eigenvalue weighted by molar-refractivity contribution is 7.93. The fraction of sp³-hybridized carbons (Fsp3) is 0.250. The SMILES string of the molecule is C=CCN(c1ccccc1Cl)S(=O)(=O)c1cc(C(=O)N(C)C(C)C)ccc1Cl. The molecule has 0 radical (unpaired) electrons. The molecule has 0 saturated carbocycles. The van der Waals surface area contributed by atoms with Crippen molar-refractivity contribution in [2.75, 3.05) is 17.9 Å². The second kappa shape index (κ2) is 8.99. The molecule has 2 aromatic carbocycles. The quantitative estimate of drug-likeness (QED) is 0.577. The lowest BCUT2D eigenvalue weighted by molar-refractivity contribution is 0.0754. The van der Waals surface area contributed by atoms with Crippen molar-refractivity contribution < 1.29 is 13.2 Å². The molecule has 0 heterocycles. The van der Waals surface area contributed by atoms with E-state index in [9.17, 15) is 13.2 Å². The summed E-state index contributed by atoms with van der Waals surface area (Å²) in [6.45, 7) is 7.36. The molecule has 2 rings (SSSR count). The first-order valence-corrected chi connectivity index (χ1v) is 10.8. The van der Waals surface area contributed by atoms with E-state index in [0.29, 0.717) is 5.69 Å². The van der Waals surface area contributed by atoms with Gasteiger partial charge in [-0.25, -0.2) is 8.42 Å². The van der Waals surface area contributed by atoms with Gasteiger partial charge in [0.15, 0.2) is 0 Å². The molecule has 0 spiro atoms. The van der Waals surface area contributed by atoms with Crippen LogP contribution in [0.25, 0.3) is 0 Å². The molecule has 0 aromatic heterocycles. The van der Waals surface area contributed by atoms with E-state index in [1.807, 2.05) is 13.8 Å². The van der Waals surface area contributed by atoms with Crippen molar-refractivity contribution in [1.29, 1.82) is 0 Å². The molecule has 0 aliphatic carbocycles. The van der Waals surface area contributed by atoms with Gasteiger partial charge in [0.2, 0.25) is 0 Å². The van der Waals surface area contributed by atoms with Crippen LogP contribution in [-0.2, 0) is 10.0 Å². The molecule has 150 valence electrons. The number of rotatable bonds is 7. The topological polar surface area (TPSA) is 57.7 Å². The Bertz CT molecular complexity index is 991. The van der Waals surface area contributed by atoms with Crippen LogP contribution in [0.1, 0.15) is 24.2 Å². The monoisotopic (exact) mass is 440 g/mol. The Labute approximate surface area is 176 Å². The average Bonchev–Trinajstić information content (AvgIpc) is 2.65. The zero-order chi connectivity index (χ0) is 21.1. The minimum atomic E-state index is -4.10. The second-order valence-corrected chi connectivity index (χ2v) is 9.08. The molecule has 1 amide bonds. The summed E-state index contributed by atoms with van der Waals surface area (Å²) in [5.74, 6) is -0.295. The van der Waals surface area contributed by atoms with Crippen molar-refractivity contribution in [3.8, 4) is 0 Å². The highest BCUT2D eigenvalue weighted by Gasteiger charge is 2.29. The van der Waals surface area contributed by atoms with E-state index in [2.05, 4.69) is 6.58 Å². The summed E-state index contributed by atoms with van der Waals surface area (Å²) < 4.78 is 27.9. The van der Waals surface area contributed by atoms with E-state index in [1.165, 1.54) is 29.2 Å². The Balaban J connectivity index is 2.60. The predicted molar refractivity (Wildman–Crippen MR) is 115 cm³/mol. The van der Waals surface area contributed by atoms with Crippen molar-refractivity contribution in [3.63, 3.8) is 0 Å². The number of benzene rings is 2. The number of anilines is 1. The molecule has 0 aliphatic heterocycles. The van der Waals surface area contributed by atoms with Gasteiger partial charge in [0.25, 0.3) is 15.9 Å². The average molecular weight is 441 g/mol. The molecule has 8 heteroatoms. The van der Waals surface area contributed by atoms with Gasteiger partial charge >= 0.3 is 0 Å². The van der Waals surface area contributed by atoms with Gasteiger partial charge in [-0.05, 0) is 44.2 Å². The van der Waals surface area contributed by atoms with Gasteiger partial charge in [-0.15, -0.1) is 6.58 Å². The van der Waals surface area contributed by atoms with E-state index in [1.54, 1.807) is 31.3 Å². The van der Waals surface area contributed by atoms with Crippen LogP contribution in [0.2, 0.25) is 10.0 Å². The number of sulfonamides is 1. The van der Waals surface area contributed by atoms with Crippen molar-refractivity contribution in [2.45, 2.75) is 24.8 Å². The lowest BCUT2D eigenvalue weighted by atomic mass is 10.2. The van der Waals surface area contributed by atoms with Gasteiger partial charge in [-0.2, -0.15) is 0 Å². The van der Waals surface area contributed by atoms with Gasteiger partial charge < -0.3 is 4.90 Å². The molecule has 0 saturated heterocycles. The smallest absolute Gasteiger partial charge is 0.266 e. The minimum Gasteiger partial charge on any atom is -0.339 e. The number of carbonyl (C=O) groups excluding carboxylic acids is 1. The maximum absolute atomic E-state index is 13.4. The standard InChI is InChI=1S/C20H22Cl2N2O3S/c1-5-12-24(18-9-7-6-8-16(18)21)28(26,27)19-13-15(10-11-17(19)22)20(25)23(4)14(2)3/h5-11,13-14H,1,12H2,2-4H3. The second-order valence-electron chi connectivity index (χ2n) is 6.43. The van der Waals surface area contributed by atoms with Crippen LogP contribution < -0.4 is 4.31 Å². The molecule has 0 unspecified atom stereocenters. The summed E-state index contributed by atoms with van der Waals surface area (Å²) in [6, 6.07) is 10.8. The van der Waals surface area contributed by atoms with Crippen LogP contribution >= 0.6 is 23.2 Å². The minimum absolute atomic E-state index is 0.00747. The zero-order valence-electron chi connectivity index (χ0n) is 15.9. The number of hydrogen-bond donors (Lipinski definition) is 0. The first kappa shape index (κ1) is 22.3. The summed E-state index contributed by atoms with van der Waals surface area (Å²) in [5, 5.41) is 0.292. The van der Waals surface area contributed by atoms with E-state index in [0.717, 1.165) is 4.31 Å². The van der Waals surface area contributed by atoms with Crippen molar-refractivity contribution >= 4 is 44.8 Å². The Morgan fingerprint density at radius 1 is 1.14 bits per heavy atom. The van der Waals surface area contributed by atoms with Crippen LogP contribution in [0.15, 0.2) is 60.0 Å². The lowest BCUT2D eigenvalue weighted by Gasteiger charge is -2.25. The summed E-state index contributed by atoms with van der Waals surface area (Å²) in [7, 11) is -2.44. The van der Waals surface area contributed by atoms with Crippen molar-refractivity contribution in [3.05, 3.63) is 70.7 Å². The van der Waals surface area contributed by atoms with Crippen LogP contribution in [0, 0.1) is 0 Å². The van der Waals surface area contributed by atoms with Gasteiger partial charge in [-0.3, -0.25) is 9.10 Å². The van der Waals surface area contributed by atoms with Gasteiger partial charge in [-0.1, -0.05) is 41.4 Å². The molecular weight excluding hydrogens is 419 g/mol. The maximum atomic E-state index is 13.4. The highest BCUT2D eigenvalue weighted by atomic mass is 35.5. The Kier molecular flexibility index (Phi) is 7.15. The fourth-order valence-electron chi connectivity index (χ4n) is 2.49. The Morgan fingerprint density at radius 3 is 2.36 bits per heavy atom. The first-order chi connectivity index (χ1) is 13.1. The lowest BCUT2D eigenvalue weighted by Crippen LogP contribution is -2.34. The Morgan fingerprint density at radius 2 is 1.79 bits per heavy atom. The summed E-state index contributed by atoms with van der Waals surface area (Å²) >= 11 is 12.4. The number of hydrogen-bond acceptors (Lipinski definition) is 3. The molecule has 5 nitrogen and oxygen atoms in total. The first-order valence-electron chi connectivity index (χ1n) is 8.56. The van der Waals surface area contributed by atoms with Gasteiger partial charge in [0.05, 0.1) is 22.3 Å². The number of nitrogens with zero attached hydrogens (tertiary/aromatic N) is 2. The number of amides is 1. The largest absolute Gasteiger partial charge is 0.339 e. The zero-order valence-corrected chi connectivity index (χ0v) is 18.2. The number of halogens is 2. The molecule has 0 atom stereocenters. The third kappa shape index (κ3) is 4.51. The third-order valence-electron chi connectivity index (χ3n) is 4.26. The van der Waals surface area contributed by atoms with Crippen molar-refractivity contribution in [1.82, 2.24) is 4.90 Å². The van der Waals surface area contributed by atoms with Crippen molar-refractivity contribution in [2.24, 2.45) is 0 Å². The molecule has 28 heavy (non-hydrogen) atoms. The van der Waals surface area contributed by atoms with Crippen LogP contribution in [0.5, 0.6) is 0 Å². The van der Waals surface area contributed by atoms with Gasteiger partial charge in [0, 0.05) is 18.7 Å². The highest BCUT2D eigenvalue weighted by Crippen LogP contribution is 2.33. The van der Waals surface area contributed by atoms with E-state index in [-0.39, 0.29) is 39.0 Å². The Hall–Kier alpha value is -2.02. The number of carbonyl (C=O) groups is 1. The summed E-state index contributed by atoms with van der Waals surface area (Å²) in [4.78, 5) is 14.0. The molecule has 0 aliphatic rings. The molecule has 2 aromatic rings. The summed E-state index contributed by atoms with van der Waals surface area (Å²) in [6.07, 6.45) is 1.45. The van der Waals surface area contributed by atoms with E-state index < -0.39 is 10.0 Å². The fourth-order valence-corrected chi connectivity index (χ4v) is 4.73. The van der Waals surface area contributed by atoms with Gasteiger partial charge in [0.1, 0.15) is 4.90 Å². The molecular formula is C20H22Cl2N2O3S. The maximum Gasteiger partial charge on any atom is 0.266 e. The predicted octanol–water partition coefficient (Wildman–Crippen LogP) is 4.86. The van der Waals surface area contributed by atoms with Crippen LogP contribution in [-0.4, -0.2) is 38.9 Å². The van der Waals surface area contributed by atoms with Crippen LogP contribution in [0.3, 0.4) is 0 Å².